The number of rotatable bonds is 3. The molecule has 4 nitrogen and oxygen atoms in total. The van der Waals surface area contributed by atoms with Gasteiger partial charge in [0.05, 0.1) is 10.6 Å². The zero-order chi connectivity index (χ0) is 17.6. The highest BCUT2D eigenvalue weighted by molar-refractivity contribution is 6.33. The molecule has 0 saturated carbocycles. The van der Waals surface area contributed by atoms with E-state index in [2.05, 4.69) is 65.1 Å². The topological polar surface area (TPSA) is 35.6 Å². The van der Waals surface area contributed by atoms with E-state index in [0.29, 0.717) is 5.02 Å². The van der Waals surface area contributed by atoms with E-state index in [-0.39, 0.29) is 5.54 Å². The zero-order valence-electron chi connectivity index (χ0n) is 14.4. The van der Waals surface area contributed by atoms with Gasteiger partial charge in [0, 0.05) is 24.3 Å². The first-order chi connectivity index (χ1) is 12.0. The molecule has 25 heavy (non-hydrogen) atoms. The minimum Gasteiger partial charge on any atom is -0.335 e. The van der Waals surface area contributed by atoms with E-state index in [1.54, 1.807) is 0 Å². The van der Waals surface area contributed by atoms with Crippen LogP contribution in [0.25, 0.3) is 22.3 Å². The average Bonchev–Trinajstić information content (AvgIpc) is 3.20. The van der Waals surface area contributed by atoms with Gasteiger partial charge in [-0.25, -0.2) is 0 Å². The van der Waals surface area contributed by atoms with Gasteiger partial charge in [-0.3, -0.25) is 0 Å². The van der Waals surface area contributed by atoms with E-state index in [1.165, 1.54) is 10.9 Å². The van der Waals surface area contributed by atoms with Crippen LogP contribution in [0.15, 0.2) is 60.8 Å². The number of aromatic nitrogens is 4. The van der Waals surface area contributed by atoms with Crippen molar-refractivity contribution in [2.45, 2.75) is 19.4 Å². The fourth-order valence-corrected chi connectivity index (χ4v) is 3.64. The lowest BCUT2D eigenvalue weighted by molar-refractivity contribution is 0.409. The third kappa shape index (κ3) is 2.45. The lowest BCUT2D eigenvalue weighted by atomic mass is 10.0. The minimum absolute atomic E-state index is 0.357. The van der Waals surface area contributed by atoms with Crippen molar-refractivity contribution < 1.29 is 0 Å². The quantitative estimate of drug-likeness (QED) is 0.528. The molecule has 0 saturated heterocycles. The summed E-state index contributed by atoms with van der Waals surface area (Å²) in [6, 6.07) is 18.2. The van der Waals surface area contributed by atoms with Gasteiger partial charge in [-0.2, -0.15) is 0 Å². The molecule has 0 unspecified atom stereocenters. The van der Waals surface area contributed by atoms with Crippen LogP contribution in [0.4, 0.5) is 0 Å². The van der Waals surface area contributed by atoms with Gasteiger partial charge in [0.15, 0.2) is 11.6 Å². The predicted molar refractivity (Wildman–Crippen MR) is 102 cm³/mol. The first kappa shape index (κ1) is 15.9. The van der Waals surface area contributed by atoms with E-state index in [1.807, 2.05) is 35.9 Å². The van der Waals surface area contributed by atoms with E-state index in [4.69, 9.17) is 11.6 Å². The molecule has 0 aliphatic heterocycles. The second-order valence-electron chi connectivity index (χ2n) is 6.69. The lowest BCUT2D eigenvalue weighted by Crippen LogP contribution is -2.30. The molecule has 0 N–H and O–H groups in total. The summed E-state index contributed by atoms with van der Waals surface area (Å²) < 4.78 is 4.26. The molecule has 5 heteroatoms. The highest BCUT2D eigenvalue weighted by Gasteiger charge is 2.30. The Hall–Kier alpha value is -2.59. The zero-order valence-corrected chi connectivity index (χ0v) is 15.2. The van der Waals surface area contributed by atoms with Crippen molar-refractivity contribution in [1.29, 1.82) is 0 Å². The number of hydrogen-bond donors (Lipinski definition) is 0. The van der Waals surface area contributed by atoms with Crippen molar-refractivity contribution in [1.82, 2.24) is 19.3 Å². The Morgan fingerprint density at radius 2 is 1.64 bits per heavy atom. The Morgan fingerprint density at radius 3 is 2.44 bits per heavy atom. The second kappa shape index (κ2) is 5.74. The third-order valence-electron chi connectivity index (χ3n) is 4.74. The Morgan fingerprint density at radius 1 is 0.920 bits per heavy atom. The maximum absolute atomic E-state index is 6.35. The highest BCUT2D eigenvalue weighted by atomic mass is 35.5. The molecule has 4 aromatic rings. The van der Waals surface area contributed by atoms with Crippen LogP contribution in [0.2, 0.25) is 5.02 Å². The summed E-state index contributed by atoms with van der Waals surface area (Å²) in [5, 5.41) is 10.8. The van der Waals surface area contributed by atoms with Gasteiger partial charge >= 0.3 is 0 Å². The van der Waals surface area contributed by atoms with E-state index >= 15 is 0 Å². The summed E-state index contributed by atoms with van der Waals surface area (Å²) in [5.74, 6) is 1.65. The predicted octanol–water partition coefficient (Wildman–Crippen LogP) is 4.87. The van der Waals surface area contributed by atoms with Crippen molar-refractivity contribution in [3.05, 3.63) is 71.6 Å². The van der Waals surface area contributed by atoms with Crippen LogP contribution in [0, 0.1) is 0 Å². The Balaban J connectivity index is 1.86. The number of nitrogens with zero attached hydrogens (tertiary/aromatic N) is 4. The minimum atomic E-state index is -0.357. The van der Waals surface area contributed by atoms with Crippen LogP contribution >= 0.6 is 11.6 Å². The standard InChI is InChI=1S/C20H19ClN4/c1-20(2,25-13-12-14-8-4-7-11-17(14)25)19-23-22-18(24(19)3)15-9-5-6-10-16(15)21/h4-13H,1-3H3. The van der Waals surface area contributed by atoms with Gasteiger partial charge in [-0.1, -0.05) is 41.9 Å². The Labute approximate surface area is 151 Å². The SMILES string of the molecule is Cn1c(-c2ccccc2Cl)nnc1C(C)(C)n1ccc2ccccc21. The molecule has 0 atom stereocenters. The fourth-order valence-electron chi connectivity index (χ4n) is 3.42. The largest absolute Gasteiger partial charge is 0.335 e. The Bertz CT molecular complexity index is 1060. The number of hydrogen-bond acceptors (Lipinski definition) is 2. The molecule has 2 aromatic heterocycles. The molecule has 0 bridgehead atoms. The van der Waals surface area contributed by atoms with Crippen molar-refractivity contribution in [3.63, 3.8) is 0 Å². The molecule has 0 aliphatic rings. The summed E-state index contributed by atoms with van der Waals surface area (Å²) >= 11 is 6.35. The smallest absolute Gasteiger partial charge is 0.165 e. The van der Waals surface area contributed by atoms with Gasteiger partial charge in [-0.05, 0) is 43.5 Å². The van der Waals surface area contributed by atoms with E-state index in [0.717, 1.165) is 17.2 Å². The number of para-hydroxylation sites is 1. The van der Waals surface area contributed by atoms with Crippen molar-refractivity contribution in [2.75, 3.05) is 0 Å². The molecule has 0 spiro atoms. The molecule has 0 fully saturated rings. The maximum Gasteiger partial charge on any atom is 0.165 e. The summed E-state index contributed by atoms with van der Waals surface area (Å²) in [4.78, 5) is 0. The number of fused-ring (bicyclic) bond motifs is 1. The summed E-state index contributed by atoms with van der Waals surface area (Å²) in [6.07, 6.45) is 2.11. The first-order valence-corrected chi connectivity index (χ1v) is 8.59. The van der Waals surface area contributed by atoms with Crippen molar-refractivity contribution in [2.24, 2.45) is 7.05 Å². The molecule has 2 heterocycles. The number of halogens is 1. The molecule has 126 valence electrons. The molecular formula is C20H19ClN4. The van der Waals surface area contributed by atoms with Crippen molar-refractivity contribution in [3.8, 4) is 11.4 Å². The van der Waals surface area contributed by atoms with Crippen LogP contribution in [0.5, 0.6) is 0 Å². The highest BCUT2D eigenvalue weighted by Crippen LogP contribution is 2.32. The van der Waals surface area contributed by atoms with Crippen LogP contribution in [0.1, 0.15) is 19.7 Å². The molecule has 0 amide bonds. The fraction of sp³-hybridized carbons (Fsp3) is 0.200. The molecule has 0 aliphatic carbocycles. The Kier molecular flexibility index (Phi) is 3.65. The van der Waals surface area contributed by atoms with E-state index in [9.17, 15) is 0 Å². The van der Waals surface area contributed by atoms with Gasteiger partial charge in [0.1, 0.15) is 0 Å². The van der Waals surface area contributed by atoms with Gasteiger partial charge in [0.25, 0.3) is 0 Å². The van der Waals surface area contributed by atoms with E-state index < -0.39 is 0 Å². The average molecular weight is 351 g/mol. The van der Waals surface area contributed by atoms with Gasteiger partial charge in [0.2, 0.25) is 0 Å². The molecule has 0 radical (unpaired) electrons. The maximum atomic E-state index is 6.35. The summed E-state index contributed by atoms with van der Waals surface area (Å²) in [5.41, 5.74) is 1.71. The van der Waals surface area contributed by atoms with Gasteiger partial charge < -0.3 is 9.13 Å². The third-order valence-corrected chi connectivity index (χ3v) is 5.07. The van der Waals surface area contributed by atoms with Gasteiger partial charge in [-0.15, -0.1) is 10.2 Å². The number of benzene rings is 2. The summed E-state index contributed by atoms with van der Waals surface area (Å²) in [6.45, 7) is 4.31. The monoisotopic (exact) mass is 350 g/mol. The second-order valence-corrected chi connectivity index (χ2v) is 7.10. The van der Waals surface area contributed by atoms with Crippen LogP contribution in [0.3, 0.4) is 0 Å². The van der Waals surface area contributed by atoms with Crippen LogP contribution in [-0.2, 0) is 12.6 Å². The summed E-state index contributed by atoms with van der Waals surface area (Å²) in [7, 11) is 1.99. The normalized spacial score (nSPS) is 12.0. The molecule has 2 aromatic carbocycles. The van der Waals surface area contributed by atoms with Crippen LogP contribution < -0.4 is 0 Å². The molecule has 4 rings (SSSR count). The first-order valence-electron chi connectivity index (χ1n) is 8.21. The van der Waals surface area contributed by atoms with Crippen LogP contribution in [-0.4, -0.2) is 19.3 Å². The molecular weight excluding hydrogens is 332 g/mol. The van der Waals surface area contributed by atoms with Crippen molar-refractivity contribution >= 4 is 22.5 Å². The lowest BCUT2D eigenvalue weighted by Gasteiger charge is -2.27.